The largest absolute Gasteiger partial charge is 0.435 e. The van der Waals surface area contributed by atoms with Gasteiger partial charge in [0.25, 0.3) is 5.91 Å². The minimum absolute atomic E-state index is 0.0550. The number of halogens is 2. The topological polar surface area (TPSA) is 81.1 Å². The Kier molecular flexibility index (Phi) is 5.46. The van der Waals surface area contributed by atoms with Crippen molar-refractivity contribution in [2.75, 3.05) is 13.1 Å². The van der Waals surface area contributed by atoms with E-state index in [1.54, 1.807) is 19.1 Å². The van der Waals surface area contributed by atoms with E-state index >= 15 is 0 Å². The minimum Gasteiger partial charge on any atom is -0.435 e. The standard InChI is InChI=1S/C17H21F2N5O2/c1-10-9-20-8-7-14(10)21-16(25)15-11(2)24(23-22-15)12-3-5-13(6-4-12)26-17(18)19/h3-6,10,14,17,20H,7-9H2,1-2H3,(H,21,25). The maximum atomic E-state index is 12.5. The maximum Gasteiger partial charge on any atom is 0.387 e. The van der Waals surface area contributed by atoms with E-state index in [0.717, 1.165) is 19.5 Å². The smallest absolute Gasteiger partial charge is 0.387 e. The zero-order valence-electron chi connectivity index (χ0n) is 14.6. The maximum absolute atomic E-state index is 12.5. The van der Waals surface area contributed by atoms with E-state index in [1.165, 1.54) is 16.8 Å². The van der Waals surface area contributed by atoms with E-state index in [9.17, 15) is 13.6 Å². The summed E-state index contributed by atoms with van der Waals surface area (Å²) in [6.07, 6.45) is 0.867. The third-order valence-electron chi connectivity index (χ3n) is 4.52. The van der Waals surface area contributed by atoms with Crippen LogP contribution in [-0.2, 0) is 0 Å². The van der Waals surface area contributed by atoms with Crippen LogP contribution in [0.15, 0.2) is 24.3 Å². The summed E-state index contributed by atoms with van der Waals surface area (Å²) in [6.45, 7) is 2.69. The first kappa shape index (κ1) is 18.2. The molecule has 2 N–H and O–H groups in total. The molecule has 2 unspecified atom stereocenters. The number of alkyl halides is 2. The highest BCUT2D eigenvalue weighted by Crippen LogP contribution is 2.19. The van der Waals surface area contributed by atoms with Gasteiger partial charge in [-0.2, -0.15) is 8.78 Å². The second-order valence-corrected chi connectivity index (χ2v) is 6.36. The van der Waals surface area contributed by atoms with E-state index in [1.807, 2.05) is 0 Å². The molecule has 2 aromatic rings. The van der Waals surface area contributed by atoms with Gasteiger partial charge in [-0.25, -0.2) is 4.68 Å². The fourth-order valence-electron chi connectivity index (χ4n) is 3.02. The molecule has 3 rings (SSSR count). The number of aromatic nitrogens is 3. The van der Waals surface area contributed by atoms with Crippen molar-refractivity contribution in [2.45, 2.75) is 32.9 Å². The minimum atomic E-state index is -2.87. The van der Waals surface area contributed by atoms with Gasteiger partial charge in [-0.15, -0.1) is 5.10 Å². The molecule has 1 amide bonds. The Bertz CT molecular complexity index is 763. The van der Waals surface area contributed by atoms with E-state index in [4.69, 9.17) is 0 Å². The van der Waals surface area contributed by atoms with Crippen molar-refractivity contribution in [1.82, 2.24) is 25.6 Å². The van der Waals surface area contributed by atoms with Gasteiger partial charge in [0.05, 0.1) is 11.4 Å². The Labute approximate surface area is 149 Å². The molecular weight excluding hydrogens is 344 g/mol. The Balaban J connectivity index is 1.73. The van der Waals surface area contributed by atoms with E-state index in [2.05, 4.69) is 32.6 Å². The zero-order chi connectivity index (χ0) is 18.7. The first-order valence-electron chi connectivity index (χ1n) is 8.45. The number of hydrogen-bond donors (Lipinski definition) is 2. The Morgan fingerprint density at radius 2 is 2.12 bits per heavy atom. The first-order chi connectivity index (χ1) is 12.5. The lowest BCUT2D eigenvalue weighted by Gasteiger charge is -2.29. The van der Waals surface area contributed by atoms with Crippen LogP contribution in [0.25, 0.3) is 5.69 Å². The average molecular weight is 365 g/mol. The van der Waals surface area contributed by atoms with Gasteiger partial charge in [-0.3, -0.25) is 4.79 Å². The van der Waals surface area contributed by atoms with Crippen molar-refractivity contribution in [1.29, 1.82) is 0 Å². The zero-order valence-corrected chi connectivity index (χ0v) is 14.6. The van der Waals surface area contributed by atoms with Gasteiger partial charge in [-0.1, -0.05) is 12.1 Å². The van der Waals surface area contributed by atoms with E-state index in [-0.39, 0.29) is 23.4 Å². The number of ether oxygens (including phenoxy) is 1. The molecule has 2 atom stereocenters. The molecule has 26 heavy (non-hydrogen) atoms. The van der Waals surface area contributed by atoms with Gasteiger partial charge < -0.3 is 15.4 Å². The number of nitrogens with zero attached hydrogens (tertiary/aromatic N) is 3. The molecule has 1 fully saturated rings. The van der Waals surface area contributed by atoms with E-state index < -0.39 is 6.61 Å². The third kappa shape index (κ3) is 3.98. The predicted octanol–water partition coefficient (Wildman–Crippen LogP) is 1.90. The molecule has 0 saturated carbocycles. The highest BCUT2D eigenvalue weighted by atomic mass is 19.3. The molecule has 1 saturated heterocycles. The summed E-state index contributed by atoms with van der Waals surface area (Å²) >= 11 is 0. The summed E-state index contributed by atoms with van der Waals surface area (Å²) in [5.41, 5.74) is 1.43. The number of amides is 1. The lowest BCUT2D eigenvalue weighted by Crippen LogP contribution is -2.48. The van der Waals surface area contributed by atoms with Crippen molar-refractivity contribution < 1.29 is 18.3 Å². The second-order valence-electron chi connectivity index (χ2n) is 6.36. The Morgan fingerprint density at radius 1 is 1.38 bits per heavy atom. The van der Waals surface area contributed by atoms with Crippen LogP contribution < -0.4 is 15.4 Å². The van der Waals surface area contributed by atoms with Crippen LogP contribution >= 0.6 is 0 Å². The van der Waals surface area contributed by atoms with E-state index in [0.29, 0.717) is 17.3 Å². The lowest BCUT2D eigenvalue weighted by molar-refractivity contribution is -0.0498. The molecule has 1 aromatic heterocycles. The number of rotatable bonds is 5. The van der Waals surface area contributed by atoms with Crippen LogP contribution in [0.3, 0.4) is 0 Å². The number of benzene rings is 1. The van der Waals surface area contributed by atoms with Crippen LogP contribution in [0.5, 0.6) is 5.75 Å². The molecule has 2 heterocycles. The van der Waals surface area contributed by atoms with Crippen LogP contribution in [0, 0.1) is 12.8 Å². The van der Waals surface area contributed by atoms with Gasteiger partial charge in [0, 0.05) is 6.04 Å². The van der Waals surface area contributed by atoms with Gasteiger partial charge in [0.2, 0.25) is 0 Å². The predicted molar refractivity (Wildman–Crippen MR) is 90.6 cm³/mol. The second kappa shape index (κ2) is 7.77. The number of nitrogens with one attached hydrogen (secondary N) is 2. The number of hydrogen-bond acceptors (Lipinski definition) is 5. The SMILES string of the molecule is Cc1c(C(=O)NC2CCNCC2C)nnn1-c1ccc(OC(F)F)cc1. The molecule has 0 bridgehead atoms. The quantitative estimate of drug-likeness (QED) is 0.846. The summed E-state index contributed by atoms with van der Waals surface area (Å²) < 4.78 is 30.3. The molecule has 1 aromatic carbocycles. The molecule has 1 aliphatic rings. The fraction of sp³-hybridized carbons (Fsp3) is 0.471. The molecule has 7 nitrogen and oxygen atoms in total. The van der Waals surface area contributed by atoms with Crippen molar-refractivity contribution in [3.63, 3.8) is 0 Å². The van der Waals surface area contributed by atoms with Crippen LogP contribution in [0.4, 0.5) is 8.78 Å². The molecule has 0 radical (unpaired) electrons. The summed E-state index contributed by atoms with van der Waals surface area (Å²) in [5, 5.41) is 14.3. The van der Waals surface area contributed by atoms with Crippen molar-refractivity contribution in [3.8, 4) is 11.4 Å². The third-order valence-corrected chi connectivity index (χ3v) is 4.52. The van der Waals surface area contributed by atoms with Crippen molar-refractivity contribution in [3.05, 3.63) is 35.7 Å². The van der Waals surface area contributed by atoms with Gasteiger partial charge in [0.1, 0.15) is 5.75 Å². The van der Waals surface area contributed by atoms with Crippen LogP contribution in [-0.4, -0.2) is 46.6 Å². The highest BCUT2D eigenvalue weighted by Gasteiger charge is 2.25. The lowest BCUT2D eigenvalue weighted by atomic mass is 9.95. The number of piperidine rings is 1. The van der Waals surface area contributed by atoms with Gasteiger partial charge in [0.15, 0.2) is 5.69 Å². The average Bonchev–Trinajstić information content (AvgIpc) is 2.99. The molecule has 1 aliphatic heterocycles. The normalized spacial score (nSPS) is 20.2. The van der Waals surface area contributed by atoms with Crippen molar-refractivity contribution >= 4 is 5.91 Å². The summed E-state index contributed by atoms with van der Waals surface area (Å²) in [5.74, 6) is 0.134. The molecule has 0 spiro atoms. The molecule has 9 heteroatoms. The summed E-state index contributed by atoms with van der Waals surface area (Å²) in [4.78, 5) is 12.5. The first-order valence-corrected chi connectivity index (χ1v) is 8.45. The van der Waals surface area contributed by atoms with Gasteiger partial charge >= 0.3 is 6.61 Å². The molecular formula is C17H21F2N5O2. The highest BCUT2D eigenvalue weighted by molar-refractivity contribution is 5.93. The Hall–Kier alpha value is -2.55. The van der Waals surface area contributed by atoms with Gasteiger partial charge in [-0.05, 0) is 56.6 Å². The van der Waals surface area contributed by atoms with Crippen LogP contribution in [0.2, 0.25) is 0 Å². The molecule has 140 valence electrons. The summed E-state index contributed by atoms with van der Waals surface area (Å²) in [7, 11) is 0. The van der Waals surface area contributed by atoms with Crippen LogP contribution in [0.1, 0.15) is 29.5 Å². The monoisotopic (exact) mass is 365 g/mol. The summed E-state index contributed by atoms with van der Waals surface area (Å²) in [6, 6.07) is 6.09. The fourth-order valence-corrected chi connectivity index (χ4v) is 3.02. The Morgan fingerprint density at radius 3 is 2.77 bits per heavy atom. The number of carbonyl (C=O) groups is 1. The molecule has 0 aliphatic carbocycles. The van der Waals surface area contributed by atoms with Crippen molar-refractivity contribution in [2.24, 2.45) is 5.92 Å². The number of carbonyl (C=O) groups excluding carboxylic acids is 1.